The highest BCUT2D eigenvalue weighted by Gasteiger charge is 2.07. The maximum Gasteiger partial charge on any atom is 0.129 e. The zero-order chi connectivity index (χ0) is 12.0. The van der Waals surface area contributed by atoms with Crippen LogP contribution in [0, 0.1) is 12.3 Å². The van der Waals surface area contributed by atoms with Gasteiger partial charge in [-0.2, -0.15) is 0 Å². The fourth-order valence-corrected chi connectivity index (χ4v) is 1.55. The van der Waals surface area contributed by atoms with Gasteiger partial charge in [0.25, 0.3) is 0 Å². The summed E-state index contributed by atoms with van der Waals surface area (Å²) in [6, 6.07) is 3.97. The number of nitrogens with two attached hydrogens (primary N) is 1. The molecule has 0 aliphatic rings. The van der Waals surface area contributed by atoms with Crippen molar-refractivity contribution in [1.82, 2.24) is 4.98 Å². The largest absolute Gasteiger partial charge is 0.345 e. The van der Waals surface area contributed by atoms with E-state index in [1.165, 1.54) is 0 Å². The zero-order valence-electron chi connectivity index (χ0n) is 9.98. The molecule has 0 radical (unpaired) electrons. The van der Waals surface area contributed by atoms with Gasteiger partial charge in [0.2, 0.25) is 0 Å². The average Bonchev–Trinajstić information content (AvgIpc) is 2.29. The maximum absolute atomic E-state index is 5.84. The molecule has 0 saturated carbocycles. The van der Waals surface area contributed by atoms with Gasteiger partial charge in [0, 0.05) is 18.8 Å². The summed E-state index contributed by atoms with van der Waals surface area (Å²) in [5.74, 6) is 3.57. The molecule has 3 heteroatoms. The predicted molar refractivity (Wildman–Crippen MR) is 68.2 cm³/mol. The molecule has 0 unspecified atom stereocenters. The molecule has 0 aliphatic carbocycles. The van der Waals surface area contributed by atoms with Crippen molar-refractivity contribution in [1.29, 1.82) is 0 Å². The summed E-state index contributed by atoms with van der Waals surface area (Å²) < 4.78 is 0. The quantitative estimate of drug-likeness (QED) is 0.766. The Bertz CT molecular complexity index is 366. The Morgan fingerprint density at radius 3 is 2.94 bits per heavy atom. The first-order chi connectivity index (χ1) is 7.69. The lowest BCUT2D eigenvalue weighted by Crippen LogP contribution is -2.25. The normalized spacial score (nSPS) is 11.9. The van der Waals surface area contributed by atoms with Crippen LogP contribution in [0.5, 0.6) is 0 Å². The van der Waals surface area contributed by atoms with E-state index < -0.39 is 0 Å². The van der Waals surface area contributed by atoms with Crippen LogP contribution in [0.15, 0.2) is 18.3 Å². The van der Waals surface area contributed by atoms with Gasteiger partial charge < -0.3 is 10.6 Å². The Labute approximate surface area is 97.7 Å². The molecule has 1 aromatic heterocycles. The van der Waals surface area contributed by atoms with Crippen molar-refractivity contribution >= 4 is 5.82 Å². The van der Waals surface area contributed by atoms with E-state index in [9.17, 15) is 0 Å². The number of hydrogen-bond acceptors (Lipinski definition) is 3. The Morgan fingerprint density at radius 1 is 1.62 bits per heavy atom. The van der Waals surface area contributed by atoms with Gasteiger partial charge in [-0.15, -0.1) is 6.42 Å². The van der Waals surface area contributed by atoms with Crippen LogP contribution in [-0.4, -0.2) is 18.1 Å². The third-order valence-electron chi connectivity index (χ3n) is 2.40. The molecule has 86 valence electrons. The SMILES string of the molecule is C#CCN(CCC)c1cc([C@H](C)N)ccn1. The van der Waals surface area contributed by atoms with Crippen LogP contribution in [0.2, 0.25) is 0 Å². The van der Waals surface area contributed by atoms with E-state index in [0.717, 1.165) is 24.3 Å². The van der Waals surface area contributed by atoms with Crippen molar-refractivity contribution in [2.24, 2.45) is 5.73 Å². The van der Waals surface area contributed by atoms with E-state index in [4.69, 9.17) is 12.2 Å². The smallest absolute Gasteiger partial charge is 0.129 e. The van der Waals surface area contributed by atoms with E-state index in [0.29, 0.717) is 6.54 Å². The standard InChI is InChI=1S/C13H19N3/c1-4-8-16(9-5-2)13-10-12(11(3)14)6-7-15-13/h1,6-7,10-11H,5,8-9,14H2,2-3H3/t11-/m0/s1. The van der Waals surface area contributed by atoms with Crippen molar-refractivity contribution < 1.29 is 0 Å². The van der Waals surface area contributed by atoms with Crippen molar-refractivity contribution in [2.75, 3.05) is 18.0 Å². The minimum Gasteiger partial charge on any atom is -0.345 e. The molecule has 0 fully saturated rings. The minimum atomic E-state index is 0.0241. The fourth-order valence-electron chi connectivity index (χ4n) is 1.55. The van der Waals surface area contributed by atoms with Crippen LogP contribution in [0.1, 0.15) is 31.9 Å². The average molecular weight is 217 g/mol. The molecule has 0 saturated heterocycles. The molecule has 3 nitrogen and oxygen atoms in total. The van der Waals surface area contributed by atoms with Crippen LogP contribution in [0.25, 0.3) is 0 Å². The number of anilines is 1. The van der Waals surface area contributed by atoms with E-state index in [-0.39, 0.29) is 6.04 Å². The Hall–Kier alpha value is -1.53. The fraction of sp³-hybridized carbons (Fsp3) is 0.462. The summed E-state index contributed by atoms with van der Waals surface area (Å²) in [5.41, 5.74) is 6.93. The second-order valence-electron chi connectivity index (χ2n) is 3.86. The predicted octanol–water partition coefficient (Wildman–Crippen LogP) is 1.95. The van der Waals surface area contributed by atoms with Crippen molar-refractivity contribution in [3.05, 3.63) is 23.9 Å². The van der Waals surface area contributed by atoms with Crippen molar-refractivity contribution in [2.45, 2.75) is 26.3 Å². The van der Waals surface area contributed by atoms with E-state index in [1.807, 2.05) is 19.1 Å². The van der Waals surface area contributed by atoms with Crippen LogP contribution in [0.4, 0.5) is 5.82 Å². The summed E-state index contributed by atoms with van der Waals surface area (Å²) in [6.45, 7) is 5.59. The first kappa shape index (κ1) is 12.5. The topological polar surface area (TPSA) is 42.1 Å². The van der Waals surface area contributed by atoms with Gasteiger partial charge in [-0.1, -0.05) is 12.8 Å². The first-order valence-corrected chi connectivity index (χ1v) is 5.59. The molecule has 16 heavy (non-hydrogen) atoms. The summed E-state index contributed by atoms with van der Waals surface area (Å²) >= 11 is 0. The molecule has 1 aromatic rings. The number of terminal acetylenes is 1. The molecule has 0 aromatic carbocycles. The van der Waals surface area contributed by atoms with E-state index in [1.54, 1.807) is 6.20 Å². The van der Waals surface area contributed by atoms with Gasteiger partial charge >= 0.3 is 0 Å². The molecule has 0 bridgehead atoms. The van der Waals surface area contributed by atoms with Gasteiger partial charge in [-0.05, 0) is 31.0 Å². The lowest BCUT2D eigenvalue weighted by molar-refractivity contribution is 0.790. The zero-order valence-corrected chi connectivity index (χ0v) is 9.98. The highest BCUT2D eigenvalue weighted by atomic mass is 15.2. The molecule has 0 amide bonds. The number of aromatic nitrogens is 1. The summed E-state index contributed by atoms with van der Waals surface area (Å²) in [5, 5.41) is 0. The van der Waals surface area contributed by atoms with Crippen LogP contribution in [0.3, 0.4) is 0 Å². The molecule has 0 aliphatic heterocycles. The summed E-state index contributed by atoms with van der Waals surface area (Å²) in [7, 11) is 0. The number of hydrogen-bond donors (Lipinski definition) is 1. The number of pyridine rings is 1. The van der Waals surface area contributed by atoms with Gasteiger partial charge in [-0.3, -0.25) is 0 Å². The Kier molecular flexibility index (Phi) is 4.81. The van der Waals surface area contributed by atoms with Crippen molar-refractivity contribution in [3.63, 3.8) is 0 Å². The van der Waals surface area contributed by atoms with Crippen LogP contribution < -0.4 is 10.6 Å². The molecule has 2 N–H and O–H groups in total. The second kappa shape index (κ2) is 6.14. The third kappa shape index (κ3) is 3.25. The number of nitrogens with zero attached hydrogens (tertiary/aromatic N) is 2. The highest BCUT2D eigenvalue weighted by Crippen LogP contribution is 2.16. The molecule has 1 heterocycles. The minimum absolute atomic E-state index is 0.0241. The maximum atomic E-state index is 5.84. The summed E-state index contributed by atoms with van der Waals surface area (Å²) in [6.07, 6.45) is 8.18. The van der Waals surface area contributed by atoms with Gasteiger partial charge in [0.1, 0.15) is 5.82 Å². The first-order valence-electron chi connectivity index (χ1n) is 5.59. The molecule has 1 rings (SSSR count). The summed E-state index contributed by atoms with van der Waals surface area (Å²) in [4.78, 5) is 6.42. The highest BCUT2D eigenvalue weighted by molar-refractivity contribution is 5.42. The Balaban J connectivity index is 2.91. The second-order valence-corrected chi connectivity index (χ2v) is 3.86. The van der Waals surface area contributed by atoms with E-state index in [2.05, 4.69) is 22.7 Å². The lowest BCUT2D eigenvalue weighted by atomic mass is 10.1. The molecule has 0 spiro atoms. The van der Waals surface area contributed by atoms with Crippen LogP contribution >= 0.6 is 0 Å². The Morgan fingerprint density at radius 2 is 2.38 bits per heavy atom. The monoisotopic (exact) mass is 217 g/mol. The van der Waals surface area contributed by atoms with Gasteiger partial charge in [0.15, 0.2) is 0 Å². The van der Waals surface area contributed by atoms with E-state index >= 15 is 0 Å². The third-order valence-corrected chi connectivity index (χ3v) is 2.40. The van der Waals surface area contributed by atoms with Crippen LogP contribution in [-0.2, 0) is 0 Å². The molecule has 1 atom stereocenters. The van der Waals surface area contributed by atoms with Gasteiger partial charge in [-0.25, -0.2) is 4.98 Å². The number of rotatable bonds is 5. The lowest BCUT2D eigenvalue weighted by Gasteiger charge is -2.21. The van der Waals surface area contributed by atoms with Crippen molar-refractivity contribution in [3.8, 4) is 12.3 Å². The van der Waals surface area contributed by atoms with Gasteiger partial charge in [0.05, 0.1) is 6.54 Å². The molecular formula is C13H19N3. The molecular weight excluding hydrogens is 198 g/mol.